The molecule has 0 spiro atoms. The van der Waals surface area contributed by atoms with Crippen molar-refractivity contribution in [2.24, 2.45) is 0 Å². The fourth-order valence-electron chi connectivity index (χ4n) is 1.05. The van der Waals surface area contributed by atoms with E-state index in [9.17, 15) is 4.79 Å². The Morgan fingerprint density at radius 1 is 1.57 bits per heavy atom. The van der Waals surface area contributed by atoms with Crippen molar-refractivity contribution in [3.8, 4) is 0 Å². The van der Waals surface area contributed by atoms with E-state index in [0.29, 0.717) is 14.8 Å². The smallest absolute Gasteiger partial charge is 0.208 e. The van der Waals surface area contributed by atoms with E-state index in [1.165, 1.54) is 17.5 Å². The minimum atomic E-state index is -0.159. The molecule has 0 radical (unpaired) electrons. The Labute approximate surface area is 88.7 Å². The predicted molar refractivity (Wildman–Crippen MR) is 55.8 cm³/mol. The Hall–Kier alpha value is -1.33. The van der Waals surface area contributed by atoms with E-state index in [0.717, 1.165) is 0 Å². The highest BCUT2D eigenvalue weighted by Crippen LogP contribution is 2.24. The molecule has 0 unspecified atom stereocenters. The van der Waals surface area contributed by atoms with E-state index in [1.54, 1.807) is 12.1 Å². The first-order valence-corrected chi connectivity index (χ1v) is 4.97. The van der Waals surface area contributed by atoms with Crippen molar-refractivity contribution >= 4 is 34.5 Å². The summed E-state index contributed by atoms with van der Waals surface area (Å²) in [6.45, 7) is 0. The van der Waals surface area contributed by atoms with E-state index in [1.807, 2.05) is 0 Å². The molecule has 0 amide bonds. The van der Waals surface area contributed by atoms with Crippen LogP contribution in [0.15, 0.2) is 18.3 Å². The zero-order valence-corrected chi connectivity index (χ0v) is 8.52. The van der Waals surface area contributed by atoms with Gasteiger partial charge in [0.25, 0.3) is 0 Å². The summed E-state index contributed by atoms with van der Waals surface area (Å²) in [5.41, 5.74) is 5.90. The zero-order valence-electron chi connectivity index (χ0n) is 6.95. The average molecular weight is 228 g/mol. The lowest BCUT2D eigenvalue weighted by Gasteiger charge is -1.93. The number of nitrogen functional groups attached to an aromatic ring is 1. The van der Waals surface area contributed by atoms with Crippen LogP contribution in [0.3, 0.4) is 0 Å². The summed E-state index contributed by atoms with van der Waals surface area (Å²) in [5, 5.41) is 6.18. The van der Waals surface area contributed by atoms with Gasteiger partial charge in [0, 0.05) is 0 Å². The molecule has 3 N–H and O–H groups in total. The number of thiophene rings is 1. The van der Waals surface area contributed by atoms with E-state index >= 15 is 0 Å². The average Bonchev–Trinajstić information content (AvgIpc) is 2.73. The van der Waals surface area contributed by atoms with Gasteiger partial charge in [-0.05, 0) is 12.1 Å². The van der Waals surface area contributed by atoms with Crippen molar-refractivity contribution in [1.82, 2.24) is 10.2 Å². The molecule has 2 heterocycles. The van der Waals surface area contributed by atoms with Crippen LogP contribution < -0.4 is 5.73 Å². The molecule has 2 aromatic heterocycles. The third kappa shape index (κ3) is 1.51. The standard InChI is InChI=1S/C8H6ClN3OS/c9-6-2-1-5(14-6)7(13)4-3-11-12-8(4)10/h1-3H,(H3,10,11,12). The summed E-state index contributed by atoms with van der Waals surface area (Å²) in [5.74, 6) is 0.118. The number of rotatable bonds is 2. The van der Waals surface area contributed by atoms with Gasteiger partial charge in [0.05, 0.1) is 21.0 Å². The maximum absolute atomic E-state index is 11.8. The third-order valence-corrected chi connectivity index (χ3v) is 2.94. The van der Waals surface area contributed by atoms with Crippen LogP contribution in [0.1, 0.15) is 15.2 Å². The number of nitrogens with zero attached hydrogens (tertiary/aromatic N) is 1. The molecule has 6 heteroatoms. The van der Waals surface area contributed by atoms with Gasteiger partial charge in [0.2, 0.25) is 5.78 Å². The van der Waals surface area contributed by atoms with Crippen molar-refractivity contribution in [2.75, 3.05) is 5.73 Å². The van der Waals surface area contributed by atoms with Crippen LogP contribution in [0, 0.1) is 0 Å². The molecule has 0 aliphatic rings. The Morgan fingerprint density at radius 3 is 2.86 bits per heavy atom. The van der Waals surface area contributed by atoms with Crippen molar-refractivity contribution in [1.29, 1.82) is 0 Å². The number of ketones is 1. The fourth-order valence-corrected chi connectivity index (χ4v) is 2.04. The van der Waals surface area contributed by atoms with Crippen LogP contribution in [0.4, 0.5) is 5.82 Å². The van der Waals surface area contributed by atoms with Gasteiger partial charge in [0.1, 0.15) is 5.82 Å². The van der Waals surface area contributed by atoms with Crippen LogP contribution in [-0.4, -0.2) is 16.0 Å². The van der Waals surface area contributed by atoms with Crippen LogP contribution in [-0.2, 0) is 0 Å². The van der Waals surface area contributed by atoms with E-state index < -0.39 is 0 Å². The Balaban J connectivity index is 2.38. The topological polar surface area (TPSA) is 71.8 Å². The number of anilines is 1. The molecule has 0 saturated carbocycles. The largest absolute Gasteiger partial charge is 0.383 e. The quantitative estimate of drug-likeness (QED) is 0.771. The molecular weight excluding hydrogens is 222 g/mol. The molecule has 0 aromatic carbocycles. The van der Waals surface area contributed by atoms with Gasteiger partial charge in [-0.15, -0.1) is 11.3 Å². The highest BCUT2D eigenvalue weighted by Gasteiger charge is 2.15. The lowest BCUT2D eigenvalue weighted by molar-refractivity contribution is 0.104. The first-order chi connectivity index (χ1) is 6.68. The van der Waals surface area contributed by atoms with Crippen molar-refractivity contribution in [2.45, 2.75) is 0 Å². The number of H-pyrrole nitrogens is 1. The lowest BCUT2D eigenvalue weighted by Crippen LogP contribution is -2.01. The summed E-state index contributed by atoms with van der Waals surface area (Å²) >= 11 is 6.94. The van der Waals surface area contributed by atoms with Gasteiger partial charge in [-0.2, -0.15) is 5.10 Å². The first-order valence-electron chi connectivity index (χ1n) is 3.77. The highest BCUT2D eigenvalue weighted by atomic mass is 35.5. The second-order valence-electron chi connectivity index (χ2n) is 2.63. The number of aromatic amines is 1. The van der Waals surface area contributed by atoms with Gasteiger partial charge in [0.15, 0.2) is 0 Å². The lowest BCUT2D eigenvalue weighted by atomic mass is 10.2. The van der Waals surface area contributed by atoms with Gasteiger partial charge < -0.3 is 5.73 Å². The number of aromatic nitrogens is 2. The molecule has 0 fully saturated rings. The SMILES string of the molecule is Nc1[nH]ncc1C(=O)c1ccc(Cl)s1. The summed E-state index contributed by atoms with van der Waals surface area (Å²) in [6, 6.07) is 3.34. The molecular formula is C8H6ClN3OS. The Morgan fingerprint density at radius 2 is 2.36 bits per heavy atom. The Kier molecular flexibility index (Phi) is 2.26. The van der Waals surface area contributed by atoms with Crippen molar-refractivity contribution in [3.05, 3.63) is 33.1 Å². The van der Waals surface area contributed by atoms with Gasteiger partial charge in [-0.25, -0.2) is 0 Å². The predicted octanol–water partition coefficient (Wildman–Crippen LogP) is 1.94. The number of hydrogen-bond acceptors (Lipinski definition) is 4. The van der Waals surface area contributed by atoms with Gasteiger partial charge in [-0.1, -0.05) is 11.6 Å². The number of nitrogens with one attached hydrogen (secondary N) is 1. The van der Waals surface area contributed by atoms with E-state index in [-0.39, 0.29) is 11.6 Å². The number of carbonyl (C=O) groups excluding carboxylic acids is 1. The van der Waals surface area contributed by atoms with Crippen molar-refractivity contribution in [3.63, 3.8) is 0 Å². The van der Waals surface area contributed by atoms with Crippen LogP contribution >= 0.6 is 22.9 Å². The maximum Gasteiger partial charge on any atom is 0.208 e. The second-order valence-corrected chi connectivity index (χ2v) is 4.35. The number of hydrogen-bond donors (Lipinski definition) is 2. The number of nitrogens with two attached hydrogens (primary N) is 1. The molecule has 72 valence electrons. The summed E-state index contributed by atoms with van der Waals surface area (Å²) in [7, 11) is 0. The summed E-state index contributed by atoms with van der Waals surface area (Å²) < 4.78 is 0.579. The zero-order chi connectivity index (χ0) is 10.1. The summed E-state index contributed by atoms with van der Waals surface area (Å²) in [6.07, 6.45) is 1.41. The first kappa shape index (κ1) is 9.23. The third-order valence-electron chi connectivity index (χ3n) is 1.71. The normalized spacial score (nSPS) is 10.4. The van der Waals surface area contributed by atoms with Gasteiger partial charge >= 0.3 is 0 Å². The van der Waals surface area contributed by atoms with E-state index in [2.05, 4.69) is 10.2 Å². The summed E-state index contributed by atoms with van der Waals surface area (Å²) in [4.78, 5) is 12.3. The maximum atomic E-state index is 11.8. The molecule has 0 aliphatic carbocycles. The van der Waals surface area contributed by atoms with Crippen LogP contribution in [0.2, 0.25) is 4.34 Å². The Bertz CT molecular complexity index is 476. The molecule has 2 rings (SSSR count). The molecule has 2 aromatic rings. The second kappa shape index (κ2) is 3.43. The van der Waals surface area contributed by atoms with E-state index in [4.69, 9.17) is 17.3 Å². The van der Waals surface area contributed by atoms with Crippen LogP contribution in [0.25, 0.3) is 0 Å². The molecule has 0 bridgehead atoms. The molecule has 0 atom stereocenters. The highest BCUT2D eigenvalue weighted by molar-refractivity contribution is 7.18. The number of halogens is 1. The minimum absolute atomic E-state index is 0.159. The monoisotopic (exact) mass is 227 g/mol. The molecule has 0 saturated heterocycles. The van der Waals surface area contributed by atoms with Crippen molar-refractivity contribution < 1.29 is 4.79 Å². The minimum Gasteiger partial charge on any atom is -0.383 e. The van der Waals surface area contributed by atoms with Crippen LogP contribution in [0.5, 0.6) is 0 Å². The molecule has 4 nitrogen and oxygen atoms in total. The fraction of sp³-hybridized carbons (Fsp3) is 0. The number of carbonyl (C=O) groups is 1. The molecule has 14 heavy (non-hydrogen) atoms. The molecule has 0 aliphatic heterocycles. The van der Waals surface area contributed by atoms with Gasteiger partial charge in [-0.3, -0.25) is 9.89 Å².